The molecule has 1 fully saturated rings. The summed E-state index contributed by atoms with van der Waals surface area (Å²) in [5, 5.41) is 11.7. The van der Waals surface area contributed by atoms with E-state index >= 15 is 0 Å². The molecule has 0 bridgehead atoms. The highest BCUT2D eigenvalue weighted by Gasteiger charge is 2.25. The summed E-state index contributed by atoms with van der Waals surface area (Å²) in [7, 11) is 0. The third-order valence-electron chi connectivity index (χ3n) is 5.04. The summed E-state index contributed by atoms with van der Waals surface area (Å²) < 4.78 is 20.8. The van der Waals surface area contributed by atoms with Crippen molar-refractivity contribution in [2.45, 2.75) is 24.3 Å². The number of thioether (sulfide) groups is 1. The molecule has 1 unspecified atom stereocenters. The highest BCUT2D eigenvalue weighted by Crippen LogP contribution is 2.30. The number of aryl methyl sites for hydroxylation is 1. The van der Waals surface area contributed by atoms with E-state index in [1.165, 1.54) is 30.0 Å². The monoisotopic (exact) mass is 475 g/mol. The molecule has 1 aliphatic rings. The third kappa shape index (κ3) is 5.06. The summed E-state index contributed by atoms with van der Waals surface area (Å²) in [6, 6.07) is 12.2. The molecule has 4 rings (SSSR count). The van der Waals surface area contributed by atoms with Crippen LogP contribution in [-0.2, 0) is 9.53 Å². The van der Waals surface area contributed by atoms with Crippen molar-refractivity contribution in [2.24, 2.45) is 0 Å². The van der Waals surface area contributed by atoms with Gasteiger partial charge >= 0.3 is 0 Å². The lowest BCUT2D eigenvalue weighted by molar-refractivity contribution is -0.115. The molecule has 2 aromatic carbocycles. The van der Waals surface area contributed by atoms with Gasteiger partial charge in [0.2, 0.25) is 11.9 Å². The van der Waals surface area contributed by atoms with E-state index in [4.69, 9.17) is 16.3 Å². The Balaban J connectivity index is 1.58. The Kier molecular flexibility index (Phi) is 6.98. The van der Waals surface area contributed by atoms with Gasteiger partial charge in [-0.2, -0.15) is 0 Å². The zero-order valence-electron chi connectivity index (χ0n) is 17.7. The van der Waals surface area contributed by atoms with Crippen LogP contribution in [-0.4, -0.2) is 52.2 Å². The number of amides is 1. The second-order valence-corrected chi connectivity index (χ2v) is 9.15. The van der Waals surface area contributed by atoms with Crippen molar-refractivity contribution in [3.05, 3.63) is 58.9 Å². The van der Waals surface area contributed by atoms with E-state index in [0.29, 0.717) is 24.1 Å². The normalized spacial score (nSPS) is 14.9. The Morgan fingerprint density at radius 3 is 2.59 bits per heavy atom. The van der Waals surface area contributed by atoms with Crippen molar-refractivity contribution in [3.8, 4) is 5.69 Å². The van der Waals surface area contributed by atoms with Gasteiger partial charge in [0, 0.05) is 18.8 Å². The maximum atomic E-state index is 13.4. The third-order valence-corrected chi connectivity index (χ3v) is 6.37. The summed E-state index contributed by atoms with van der Waals surface area (Å²) in [6.45, 7) is 6.51. The molecule has 3 aromatic rings. The molecule has 7 nitrogen and oxygen atoms in total. The number of rotatable bonds is 6. The molecule has 1 aromatic heterocycles. The molecule has 1 aliphatic heterocycles. The maximum Gasteiger partial charge on any atom is 0.237 e. The lowest BCUT2D eigenvalue weighted by Gasteiger charge is -2.28. The lowest BCUT2D eigenvalue weighted by atomic mass is 10.2. The Hall–Kier alpha value is -2.62. The fraction of sp³-hybridized carbons (Fsp3) is 0.318. The van der Waals surface area contributed by atoms with Gasteiger partial charge in [-0.05, 0) is 44.2 Å². The number of halogens is 2. The summed E-state index contributed by atoms with van der Waals surface area (Å²) in [6.07, 6.45) is 0. The standard InChI is InChI=1S/C22H23ClFN5O2S/c1-14-3-6-17(7-4-14)29-21(28-9-11-31-12-10-28)26-27-22(29)32-15(2)20(30)25-16-5-8-19(24)18(23)13-16/h3-8,13,15H,9-12H2,1-2H3,(H,25,30). The van der Waals surface area contributed by atoms with Crippen molar-refractivity contribution >= 4 is 40.9 Å². The van der Waals surface area contributed by atoms with Crippen LogP contribution in [0, 0.1) is 12.7 Å². The minimum absolute atomic E-state index is 0.0441. The topological polar surface area (TPSA) is 72.3 Å². The predicted molar refractivity (Wildman–Crippen MR) is 124 cm³/mol. The van der Waals surface area contributed by atoms with Crippen LogP contribution < -0.4 is 10.2 Å². The zero-order chi connectivity index (χ0) is 22.7. The summed E-state index contributed by atoms with van der Waals surface area (Å²) in [4.78, 5) is 14.9. The lowest BCUT2D eigenvalue weighted by Crippen LogP contribution is -2.38. The van der Waals surface area contributed by atoms with Gasteiger partial charge in [-0.25, -0.2) is 4.39 Å². The van der Waals surface area contributed by atoms with Gasteiger partial charge in [0.05, 0.1) is 29.2 Å². The minimum Gasteiger partial charge on any atom is -0.378 e. The van der Waals surface area contributed by atoms with Gasteiger partial charge in [0.15, 0.2) is 5.16 Å². The van der Waals surface area contributed by atoms with E-state index in [0.717, 1.165) is 30.3 Å². The van der Waals surface area contributed by atoms with Crippen LogP contribution in [0.25, 0.3) is 5.69 Å². The van der Waals surface area contributed by atoms with Gasteiger partial charge in [-0.3, -0.25) is 9.36 Å². The van der Waals surface area contributed by atoms with E-state index in [-0.39, 0.29) is 10.9 Å². The van der Waals surface area contributed by atoms with E-state index in [1.54, 1.807) is 6.92 Å². The van der Waals surface area contributed by atoms with Gasteiger partial charge in [-0.15, -0.1) is 10.2 Å². The number of benzene rings is 2. The van der Waals surface area contributed by atoms with Crippen molar-refractivity contribution in [3.63, 3.8) is 0 Å². The first-order valence-electron chi connectivity index (χ1n) is 10.2. The molecule has 0 aliphatic carbocycles. The zero-order valence-corrected chi connectivity index (χ0v) is 19.3. The second-order valence-electron chi connectivity index (χ2n) is 7.43. The molecule has 2 heterocycles. The van der Waals surface area contributed by atoms with Crippen LogP contribution in [0.4, 0.5) is 16.0 Å². The summed E-state index contributed by atoms with van der Waals surface area (Å²) in [5.41, 5.74) is 2.50. The molecule has 32 heavy (non-hydrogen) atoms. The van der Waals surface area contributed by atoms with Crippen LogP contribution in [0.1, 0.15) is 12.5 Å². The van der Waals surface area contributed by atoms with Crippen LogP contribution in [0.2, 0.25) is 5.02 Å². The maximum absolute atomic E-state index is 13.4. The highest BCUT2D eigenvalue weighted by molar-refractivity contribution is 8.00. The predicted octanol–water partition coefficient (Wildman–Crippen LogP) is 4.32. The van der Waals surface area contributed by atoms with Gasteiger partial charge in [0.25, 0.3) is 0 Å². The SMILES string of the molecule is Cc1ccc(-n2c(SC(C)C(=O)Nc3ccc(F)c(Cl)c3)nnc2N2CCOCC2)cc1. The number of morpholine rings is 1. The van der Waals surface area contributed by atoms with Gasteiger partial charge in [-0.1, -0.05) is 41.1 Å². The first-order chi connectivity index (χ1) is 15.4. The summed E-state index contributed by atoms with van der Waals surface area (Å²) >= 11 is 7.12. The Morgan fingerprint density at radius 1 is 1.19 bits per heavy atom. The molecule has 168 valence electrons. The fourth-order valence-electron chi connectivity index (χ4n) is 3.26. The number of aromatic nitrogens is 3. The largest absolute Gasteiger partial charge is 0.378 e. The molecule has 0 spiro atoms. The van der Waals surface area contributed by atoms with Crippen LogP contribution >= 0.6 is 23.4 Å². The number of carbonyl (C=O) groups excluding carboxylic acids is 1. The molecular weight excluding hydrogens is 453 g/mol. The summed E-state index contributed by atoms with van der Waals surface area (Å²) in [5.74, 6) is -0.0597. The van der Waals surface area contributed by atoms with Crippen molar-refractivity contribution < 1.29 is 13.9 Å². The minimum atomic E-state index is -0.533. The number of carbonyl (C=O) groups is 1. The van der Waals surface area contributed by atoms with Crippen LogP contribution in [0.15, 0.2) is 47.6 Å². The van der Waals surface area contributed by atoms with E-state index in [9.17, 15) is 9.18 Å². The van der Waals surface area contributed by atoms with E-state index < -0.39 is 11.1 Å². The van der Waals surface area contributed by atoms with Crippen LogP contribution in [0.5, 0.6) is 0 Å². The molecule has 1 amide bonds. The van der Waals surface area contributed by atoms with Gasteiger partial charge in [0.1, 0.15) is 5.82 Å². The molecule has 10 heteroatoms. The molecule has 1 atom stereocenters. The molecule has 0 radical (unpaired) electrons. The number of nitrogens with one attached hydrogen (secondary N) is 1. The van der Waals surface area contributed by atoms with E-state index in [2.05, 4.69) is 20.4 Å². The highest BCUT2D eigenvalue weighted by atomic mass is 35.5. The average Bonchev–Trinajstić information content (AvgIpc) is 3.21. The molecular formula is C22H23ClFN5O2S. The number of nitrogens with zero attached hydrogens (tertiary/aromatic N) is 4. The quantitative estimate of drug-likeness (QED) is 0.535. The number of hydrogen-bond acceptors (Lipinski definition) is 6. The second kappa shape index (κ2) is 9.89. The fourth-order valence-corrected chi connectivity index (χ4v) is 4.30. The first-order valence-corrected chi connectivity index (χ1v) is 11.5. The van der Waals surface area contributed by atoms with E-state index in [1.807, 2.05) is 35.8 Å². The Bertz CT molecular complexity index is 1100. The number of anilines is 2. The van der Waals surface area contributed by atoms with Crippen molar-refractivity contribution in [1.29, 1.82) is 0 Å². The Labute approximate surface area is 194 Å². The molecule has 1 N–H and O–H groups in total. The Morgan fingerprint density at radius 2 is 1.91 bits per heavy atom. The molecule has 1 saturated heterocycles. The van der Waals surface area contributed by atoms with Gasteiger partial charge < -0.3 is 15.0 Å². The average molecular weight is 476 g/mol. The van der Waals surface area contributed by atoms with Crippen molar-refractivity contribution in [2.75, 3.05) is 36.5 Å². The smallest absolute Gasteiger partial charge is 0.237 e. The number of ether oxygens (including phenoxy) is 1. The molecule has 0 saturated carbocycles. The van der Waals surface area contributed by atoms with Crippen LogP contribution in [0.3, 0.4) is 0 Å². The number of hydrogen-bond donors (Lipinski definition) is 1. The van der Waals surface area contributed by atoms with Crippen molar-refractivity contribution in [1.82, 2.24) is 14.8 Å². The first kappa shape index (κ1) is 22.6.